The number of nitrogens with zero attached hydrogens (tertiary/aromatic N) is 4. The molecule has 1 aliphatic carbocycles. The van der Waals surface area contributed by atoms with Crippen molar-refractivity contribution in [3.05, 3.63) is 12.7 Å². The van der Waals surface area contributed by atoms with Crippen LogP contribution >= 0.6 is 0 Å². The molecule has 1 saturated carbocycles. The third-order valence-corrected chi connectivity index (χ3v) is 5.33. The second-order valence-corrected chi connectivity index (χ2v) is 7.00. The number of aromatic nitrogens is 3. The molecule has 2 rings (SSSR count). The Kier molecular flexibility index (Phi) is 4.22. The van der Waals surface area contributed by atoms with E-state index in [1.54, 1.807) is 18.1 Å². The fourth-order valence-electron chi connectivity index (χ4n) is 2.08. The molecule has 0 radical (unpaired) electrons. The Bertz CT molecular complexity index is 497. The molecule has 0 aromatic carbocycles. The molecule has 8 heteroatoms. The lowest BCUT2D eigenvalue weighted by Crippen LogP contribution is -2.47. The minimum atomic E-state index is -3.45. The van der Waals surface area contributed by atoms with Crippen molar-refractivity contribution in [1.82, 2.24) is 23.8 Å². The van der Waals surface area contributed by atoms with E-state index < -0.39 is 10.2 Å². The average molecular weight is 287 g/mol. The summed E-state index contributed by atoms with van der Waals surface area (Å²) in [6.07, 6.45) is 5.24. The molecule has 0 amide bonds. The zero-order valence-electron chi connectivity index (χ0n) is 11.5. The maximum Gasteiger partial charge on any atom is 0.279 e. The van der Waals surface area contributed by atoms with Crippen LogP contribution in [0.25, 0.3) is 0 Å². The molecular weight excluding hydrogens is 266 g/mol. The molecule has 1 N–H and O–H groups in total. The maximum atomic E-state index is 12.2. The van der Waals surface area contributed by atoms with Crippen LogP contribution in [0.1, 0.15) is 26.7 Å². The minimum Gasteiger partial charge on any atom is -0.251 e. The van der Waals surface area contributed by atoms with Crippen LogP contribution in [0.15, 0.2) is 12.7 Å². The quantitative estimate of drug-likeness (QED) is 0.778. The van der Waals surface area contributed by atoms with Crippen LogP contribution in [0.3, 0.4) is 0 Å². The second-order valence-electron chi connectivity index (χ2n) is 5.24. The van der Waals surface area contributed by atoms with Crippen molar-refractivity contribution in [2.24, 2.45) is 5.92 Å². The third kappa shape index (κ3) is 3.74. The number of hydrogen-bond donors (Lipinski definition) is 1. The highest BCUT2D eigenvalue weighted by molar-refractivity contribution is 7.87. The van der Waals surface area contributed by atoms with E-state index >= 15 is 0 Å². The van der Waals surface area contributed by atoms with Gasteiger partial charge in [0.15, 0.2) is 0 Å². The van der Waals surface area contributed by atoms with Crippen LogP contribution in [0.5, 0.6) is 0 Å². The van der Waals surface area contributed by atoms with Crippen LogP contribution in [0.4, 0.5) is 0 Å². The van der Waals surface area contributed by atoms with Gasteiger partial charge in [-0.15, -0.1) is 0 Å². The molecule has 0 unspecified atom stereocenters. The van der Waals surface area contributed by atoms with Gasteiger partial charge < -0.3 is 0 Å². The predicted octanol–water partition coefficient (Wildman–Crippen LogP) is 0.231. The Balaban J connectivity index is 1.92. The van der Waals surface area contributed by atoms with Gasteiger partial charge in [-0.05, 0) is 32.6 Å². The molecule has 1 fully saturated rings. The molecule has 2 atom stereocenters. The molecule has 0 bridgehead atoms. The molecule has 1 aromatic rings. The van der Waals surface area contributed by atoms with Crippen LogP contribution in [-0.2, 0) is 16.8 Å². The normalized spacial score (nSPS) is 19.6. The van der Waals surface area contributed by atoms with Gasteiger partial charge in [0.2, 0.25) is 0 Å². The topological polar surface area (TPSA) is 80.1 Å². The van der Waals surface area contributed by atoms with E-state index in [0.29, 0.717) is 12.5 Å². The van der Waals surface area contributed by atoms with Gasteiger partial charge in [-0.1, -0.05) is 0 Å². The third-order valence-electron chi connectivity index (χ3n) is 3.53. The Morgan fingerprint density at radius 1 is 1.47 bits per heavy atom. The standard InChI is InChI=1S/C11H21N5O2S/c1-9(6-16-8-12-7-13-16)14-19(17,18)15(3)10(2)11-4-5-11/h7-11,14H,4-6H2,1-3H3/t9-,10+/m0/s1. The molecule has 7 nitrogen and oxygen atoms in total. The average Bonchev–Trinajstić information content (AvgIpc) is 3.06. The molecular formula is C11H21N5O2S. The van der Waals surface area contributed by atoms with Crippen molar-refractivity contribution in [2.45, 2.75) is 45.3 Å². The van der Waals surface area contributed by atoms with E-state index in [1.807, 2.05) is 13.8 Å². The maximum absolute atomic E-state index is 12.2. The SMILES string of the molecule is C[C@H](C1CC1)N(C)S(=O)(=O)N[C@@H](C)Cn1cncn1. The van der Waals surface area contributed by atoms with Gasteiger partial charge in [-0.25, -0.2) is 4.98 Å². The summed E-state index contributed by atoms with van der Waals surface area (Å²) >= 11 is 0. The Hall–Kier alpha value is -0.990. The summed E-state index contributed by atoms with van der Waals surface area (Å²) in [6.45, 7) is 4.23. The van der Waals surface area contributed by atoms with E-state index in [2.05, 4.69) is 14.8 Å². The predicted molar refractivity (Wildman–Crippen MR) is 71.5 cm³/mol. The summed E-state index contributed by atoms with van der Waals surface area (Å²) < 4.78 is 30.1. The van der Waals surface area contributed by atoms with Gasteiger partial charge in [0.25, 0.3) is 10.2 Å². The van der Waals surface area contributed by atoms with E-state index in [0.717, 1.165) is 12.8 Å². The minimum absolute atomic E-state index is 0.0519. The molecule has 1 aromatic heterocycles. The van der Waals surface area contributed by atoms with Crippen LogP contribution in [-0.4, -0.2) is 46.6 Å². The summed E-state index contributed by atoms with van der Waals surface area (Å²) in [4.78, 5) is 3.83. The number of rotatable bonds is 7. The van der Waals surface area contributed by atoms with Crippen molar-refractivity contribution in [2.75, 3.05) is 7.05 Å². The Labute approximate surface area is 114 Å². The van der Waals surface area contributed by atoms with Gasteiger partial charge in [0.05, 0.1) is 6.54 Å². The van der Waals surface area contributed by atoms with E-state index in [4.69, 9.17) is 0 Å². The first-order valence-electron chi connectivity index (χ1n) is 6.48. The van der Waals surface area contributed by atoms with Crippen molar-refractivity contribution < 1.29 is 8.42 Å². The van der Waals surface area contributed by atoms with E-state index in [1.165, 1.54) is 10.6 Å². The van der Waals surface area contributed by atoms with Crippen molar-refractivity contribution in [1.29, 1.82) is 0 Å². The van der Waals surface area contributed by atoms with Gasteiger partial charge in [-0.3, -0.25) is 4.68 Å². The fourth-order valence-corrected chi connectivity index (χ4v) is 3.44. The summed E-state index contributed by atoms with van der Waals surface area (Å²) in [5.41, 5.74) is 0. The molecule has 0 aliphatic heterocycles. The molecule has 1 heterocycles. The molecule has 19 heavy (non-hydrogen) atoms. The molecule has 108 valence electrons. The molecule has 0 spiro atoms. The van der Waals surface area contributed by atoms with E-state index in [-0.39, 0.29) is 12.1 Å². The first-order chi connectivity index (χ1) is 8.90. The fraction of sp³-hybridized carbons (Fsp3) is 0.818. The number of nitrogens with one attached hydrogen (secondary N) is 1. The lowest BCUT2D eigenvalue weighted by Gasteiger charge is -2.26. The van der Waals surface area contributed by atoms with Gasteiger partial charge in [0.1, 0.15) is 12.7 Å². The zero-order valence-corrected chi connectivity index (χ0v) is 12.3. The van der Waals surface area contributed by atoms with Gasteiger partial charge in [-0.2, -0.15) is 22.5 Å². The Morgan fingerprint density at radius 2 is 2.16 bits per heavy atom. The van der Waals surface area contributed by atoms with Crippen molar-refractivity contribution in [3.8, 4) is 0 Å². The van der Waals surface area contributed by atoms with Crippen molar-refractivity contribution in [3.63, 3.8) is 0 Å². The lowest BCUT2D eigenvalue weighted by atomic mass is 10.2. The van der Waals surface area contributed by atoms with Crippen LogP contribution in [0, 0.1) is 5.92 Å². The molecule has 1 aliphatic rings. The highest BCUT2D eigenvalue weighted by Crippen LogP contribution is 2.35. The summed E-state index contributed by atoms with van der Waals surface area (Å²) in [7, 11) is -1.81. The second kappa shape index (κ2) is 5.56. The first kappa shape index (κ1) is 14.4. The van der Waals surface area contributed by atoms with E-state index in [9.17, 15) is 8.42 Å². The monoisotopic (exact) mass is 287 g/mol. The summed E-state index contributed by atoms with van der Waals surface area (Å²) in [6, 6.07) is -0.184. The smallest absolute Gasteiger partial charge is 0.251 e. The van der Waals surface area contributed by atoms with Crippen LogP contribution in [0.2, 0.25) is 0 Å². The van der Waals surface area contributed by atoms with Gasteiger partial charge in [0, 0.05) is 19.1 Å². The zero-order chi connectivity index (χ0) is 14.0. The summed E-state index contributed by atoms with van der Waals surface area (Å²) in [5.74, 6) is 0.507. The Morgan fingerprint density at radius 3 is 2.68 bits per heavy atom. The lowest BCUT2D eigenvalue weighted by molar-refractivity contribution is 0.345. The first-order valence-corrected chi connectivity index (χ1v) is 7.92. The van der Waals surface area contributed by atoms with Gasteiger partial charge >= 0.3 is 0 Å². The van der Waals surface area contributed by atoms with Crippen LogP contribution < -0.4 is 4.72 Å². The van der Waals surface area contributed by atoms with Crippen molar-refractivity contribution >= 4 is 10.2 Å². The largest absolute Gasteiger partial charge is 0.279 e. The highest BCUT2D eigenvalue weighted by atomic mass is 32.2. The highest BCUT2D eigenvalue weighted by Gasteiger charge is 2.35. The molecule has 0 saturated heterocycles. The summed E-state index contributed by atoms with van der Waals surface area (Å²) in [5, 5.41) is 3.96. The number of hydrogen-bond acceptors (Lipinski definition) is 4.